The molecule has 0 bridgehead atoms. The molecule has 5 N–H and O–H groups in total. The minimum atomic E-state index is -0.417. The molecule has 2 aromatic carbocycles. The summed E-state index contributed by atoms with van der Waals surface area (Å²) in [6.07, 6.45) is 0. The maximum atomic E-state index is 12.6. The lowest BCUT2D eigenvalue weighted by molar-refractivity contribution is -0.115. The van der Waals surface area contributed by atoms with Gasteiger partial charge in [0, 0.05) is 17.3 Å². The monoisotopic (exact) mass is 365 g/mol. The molecule has 1 amide bonds. The van der Waals surface area contributed by atoms with E-state index < -0.39 is 5.25 Å². The smallest absolute Gasteiger partial charge is 0.237 e. The van der Waals surface area contributed by atoms with Crippen LogP contribution in [-0.2, 0) is 4.79 Å². The van der Waals surface area contributed by atoms with Gasteiger partial charge in [-0.15, -0.1) is 0 Å². The zero-order valence-corrected chi connectivity index (χ0v) is 15.0. The van der Waals surface area contributed by atoms with Crippen LogP contribution in [-0.4, -0.2) is 21.1 Å². The largest absolute Gasteiger partial charge is 0.383 e. The predicted octanol–water partition coefficient (Wildman–Crippen LogP) is 3.43. The molecule has 0 aliphatic carbocycles. The van der Waals surface area contributed by atoms with E-state index in [1.54, 1.807) is 6.92 Å². The molecule has 0 saturated heterocycles. The summed E-state index contributed by atoms with van der Waals surface area (Å²) in [7, 11) is 0. The number of amides is 1. The highest BCUT2D eigenvalue weighted by Crippen LogP contribution is 2.29. The maximum Gasteiger partial charge on any atom is 0.237 e. The van der Waals surface area contributed by atoms with Crippen molar-refractivity contribution in [2.45, 2.75) is 17.3 Å². The molecule has 0 radical (unpaired) electrons. The molecule has 0 unspecified atom stereocenters. The third-order valence-electron chi connectivity index (χ3n) is 3.67. The number of hydrogen-bond acceptors (Lipinski definition) is 6. The van der Waals surface area contributed by atoms with Crippen molar-refractivity contribution in [1.82, 2.24) is 9.97 Å². The van der Waals surface area contributed by atoms with Gasteiger partial charge in [0.2, 0.25) is 5.91 Å². The van der Waals surface area contributed by atoms with Crippen LogP contribution in [0.25, 0.3) is 11.1 Å². The number of benzene rings is 2. The predicted molar refractivity (Wildman–Crippen MR) is 107 cm³/mol. The molecule has 0 aliphatic rings. The topological polar surface area (TPSA) is 107 Å². The lowest BCUT2D eigenvalue weighted by Crippen LogP contribution is -2.23. The van der Waals surface area contributed by atoms with Gasteiger partial charge in [0.05, 0.1) is 5.25 Å². The van der Waals surface area contributed by atoms with Crippen LogP contribution in [0.3, 0.4) is 0 Å². The van der Waals surface area contributed by atoms with Gasteiger partial charge in [0.25, 0.3) is 0 Å². The Bertz CT molecular complexity index is 897. The van der Waals surface area contributed by atoms with E-state index >= 15 is 0 Å². The third-order valence-corrected chi connectivity index (χ3v) is 4.63. The summed E-state index contributed by atoms with van der Waals surface area (Å²) in [4.78, 5) is 20.8. The molecular weight excluding hydrogens is 346 g/mol. The van der Waals surface area contributed by atoms with Crippen LogP contribution >= 0.6 is 11.8 Å². The van der Waals surface area contributed by atoms with E-state index in [9.17, 15) is 4.79 Å². The first kappa shape index (κ1) is 17.8. The standard InChI is InChI=1S/C19H19N5OS/c1-12(26-19-23-16(20)11-17(21)24-19)18(25)22-15-10-6-5-9-14(15)13-7-3-2-4-8-13/h2-12H,1H3,(H,22,25)(H4,20,21,23,24)/t12-/m1/s1. The van der Waals surface area contributed by atoms with Gasteiger partial charge < -0.3 is 16.8 Å². The first-order valence-corrected chi connectivity index (χ1v) is 8.93. The van der Waals surface area contributed by atoms with Crippen molar-refractivity contribution < 1.29 is 4.79 Å². The first-order chi connectivity index (χ1) is 12.5. The fraction of sp³-hybridized carbons (Fsp3) is 0.105. The summed E-state index contributed by atoms with van der Waals surface area (Å²) in [6, 6.07) is 19.1. The van der Waals surface area contributed by atoms with Gasteiger partial charge in [-0.25, -0.2) is 9.97 Å². The van der Waals surface area contributed by atoms with Gasteiger partial charge in [-0.3, -0.25) is 4.79 Å². The number of nitrogens with two attached hydrogens (primary N) is 2. The number of rotatable bonds is 5. The molecule has 1 atom stereocenters. The summed E-state index contributed by atoms with van der Waals surface area (Å²) in [5, 5.41) is 2.94. The van der Waals surface area contributed by atoms with Gasteiger partial charge in [-0.1, -0.05) is 60.3 Å². The molecule has 0 saturated carbocycles. The Labute approximate surface area is 156 Å². The number of carbonyl (C=O) groups excluding carboxylic acids is 1. The molecule has 0 aliphatic heterocycles. The molecule has 6 nitrogen and oxygen atoms in total. The SMILES string of the molecule is C[C@@H](Sc1nc(N)cc(N)n1)C(=O)Nc1ccccc1-c1ccccc1. The highest BCUT2D eigenvalue weighted by molar-refractivity contribution is 8.00. The average molecular weight is 365 g/mol. The van der Waals surface area contributed by atoms with E-state index in [1.165, 1.54) is 17.8 Å². The Balaban J connectivity index is 1.76. The fourth-order valence-electron chi connectivity index (χ4n) is 2.42. The minimum Gasteiger partial charge on any atom is -0.383 e. The third kappa shape index (κ3) is 4.31. The second-order valence-electron chi connectivity index (χ2n) is 5.66. The number of anilines is 3. The number of nitrogen functional groups attached to an aromatic ring is 2. The Kier molecular flexibility index (Phi) is 5.38. The van der Waals surface area contributed by atoms with Crippen LogP contribution in [0.4, 0.5) is 17.3 Å². The molecule has 3 rings (SSSR count). The molecular formula is C19H19N5OS. The first-order valence-electron chi connectivity index (χ1n) is 8.05. The van der Waals surface area contributed by atoms with Crippen molar-refractivity contribution in [2.75, 3.05) is 16.8 Å². The normalized spacial score (nSPS) is 11.7. The van der Waals surface area contributed by atoms with E-state index in [0.717, 1.165) is 16.8 Å². The highest BCUT2D eigenvalue weighted by Gasteiger charge is 2.18. The van der Waals surface area contributed by atoms with Gasteiger partial charge in [0.1, 0.15) is 11.6 Å². The summed E-state index contributed by atoms with van der Waals surface area (Å²) in [5.74, 6) is 0.409. The summed E-state index contributed by atoms with van der Waals surface area (Å²) >= 11 is 1.21. The quantitative estimate of drug-likeness (QED) is 0.472. The van der Waals surface area contributed by atoms with Gasteiger partial charge in [0.15, 0.2) is 5.16 Å². The van der Waals surface area contributed by atoms with Crippen molar-refractivity contribution in [1.29, 1.82) is 0 Å². The van der Waals surface area contributed by atoms with Crippen LogP contribution in [0.2, 0.25) is 0 Å². The maximum absolute atomic E-state index is 12.6. The van der Waals surface area contributed by atoms with Gasteiger partial charge in [-0.2, -0.15) is 0 Å². The van der Waals surface area contributed by atoms with Crippen LogP contribution in [0.5, 0.6) is 0 Å². The summed E-state index contributed by atoms with van der Waals surface area (Å²) in [6.45, 7) is 1.79. The number of hydrogen-bond donors (Lipinski definition) is 3. The lowest BCUT2D eigenvalue weighted by Gasteiger charge is -2.14. The number of para-hydroxylation sites is 1. The number of nitrogens with one attached hydrogen (secondary N) is 1. The van der Waals surface area contributed by atoms with Crippen LogP contribution in [0.15, 0.2) is 65.8 Å². The molecule has 7 heteroatoms. The average Bonchev–Trinajstić information content (AvgIpc) is 2.62. The molecule has 132 valence electrons. The number of nitrogens with zero attached hydrogens (tertiary/aromatic N) is 2. The minimum absolute atomic E-state index is 0.150. The number of aromatic nitrogens is 2. The lowest BCUT2D eigenvalue weighted by atomic mass is 10.0. The Hall–Kier alpha value is -3.06. The molecule has 26 heavy (non-hydrogen) atoms. The summed E-state index contributed by atoms with van der Waals surface area (Å²) < 4.78 is 0. The molecule has 3 aromatic rings. The molecule has 1 aromatic heterocycles. The van der Waals surface area contributed by atoms with Crippen molar-refractivity contribution in [3.05, 3.63) is 60.7 Å². The fourth-order valence-corrected chi connectivity index (χ4v) is 3.22. The Morgan fingerprint density at radius 2 is 1.62 bits per heavy atom. The van der Waals surface area contributed by atoms with Crippen molar-refractivity contribution in [3.63, 3.8) is 0 Å². The van der Waals surface area contributed by atoms with E-state index in [1.807, 2.05) is 54.6 Å². The van der Waals surface area contributed by atoms with Crippen LogP contribution in [0, 0.1) is 0 Å². The Morgan fingerprint density at radius 3 is 2.31 bits per heavy atom. The van der Waals surface area contributed by atoms with E-state index in [4.69, 9.17) is 11.5 Å². The van der Waals surface area contributed by atoms with E-state index in [0.29, 0.717) is 5.16 Å². The second-order valence-corrected chi connectivity index (χ2v) is 6.97. The number of thioether (sulfide) groups is 1. The zero-order chi connectivity index (χ0) is 18.5. The number of carbonyl (C=O) groups is 1. The summed E-state index contributed by atoms with van der Waals surface area (Å²) in [5.41, 5.74) is 14.1. The highest BCUT2D eigenvalue weighted by atomic mass is 32.2. The van der Waals surface area contributed by atoms with E-state index in [2.05, 4.69) is 15.3 Å². The molecule has 1 heterocycles. The molecule has 0 fully saturated rings. The van der Waals surface area contributed by atoms with E-state index in [-0.39, 0.29) is 17.5 Å². The van der Waals surface area contributed by atoms with Gasteiger partial charge in [-0.05, 0) is 18.6 Å². The second kappa shape index (κ2) is 7.88. The Morgan fingerprint density at radius 1 is 1.00 bits per heavy atom. The van der Waals surface area contributed by atoms with Crippen LogP contribution < -0.4 is 16.8 Å². The van der Waals surface area contributed by atoms with Crippen molar-refractivity contribution in [3.8, 4) is 11.1 Å². The van der Waals surface area contributed by atoms with Crippen molar-refractivity contribution in [2.24, 2.45) is 0 Å². The van der Waals surface area contributed by atoms with Crippen molar-refractivity contribution >= 4 is 35.0 Å². The van der Waals surface area contributed by atoms with Crippen LogP contribution in [0.1, 0.15) is 6.92 Å². The molecule has 0 spiro atoms. The zero-order valence-electron chi connectivity index (χ0n) is 14.2. The van der Waals surface area contributed by atoms with Gasteiger partial charge >= 0.3 is 0 Å².